The van der Waals surface area contributed by atoms with Crippen LogP contribution in [0.4, 0.5) is 0 Å². The Morgan fingerprint density at radius 2 is 1.77 bits per heavy atom. The molecule has 11 heteroatoms. The maximum absolute atomic E-state index is 14.4. The second-order valence-corrected chi connectivity index (χ2v) is 14.7. The van der Waals surface area contributed by atoms with Gasteiger partial charge >= 0.3 is 0 Å². The van der Waals surface area contributed by atoms with Crippen molar-refractivity contribution >= 4 is 11.6 Å². The molecule has 4 N–H and O–H groups in total. The number of hydrogen-bond donors (Lipinski definition) is 4. The van der Waals surface area contributed by atoms with Crippen LogP contribution in [-0.2, 0) is 25.7 Å². The van der Waals surface area contributed by atoms with Crippen molar-refractivity contribution in [3.8, 4) is 11.5 Å². The number of aliphatic hydroxyl groups is 3. The predicted molar refractivity (Wildman–Crippen MR) is 200 cm³/mol. The molecule has 6 unspecified atom stereocenters. The fraction of sp³-hybridized carbons (Fsp3) is 0.571. The number of benzene rings is 2. The van der Waals surface area contributed by atoms with Crippen LogP contribution in [-0.4, -0.2) is 95.0 Å². The molecule has 0 aromatic heterocycles. The largest absolute Gasteiger partial charge is 0.508 e. The fourth-order valence-electron chi connectivity index (χ4n) is 8.73. The van der Waals surface area contributed by atoms with Crippen molar-refractivity contribution in [2.45, 2.75) is 82.1 Å². The summed E-state index contributed by atoms with van der Waals surface area (Å²) in [4.78, 5) is 22.4. The smallest absolute Gasteiger partial charge is 0.239 e. The molecule has 1 amide bonds. The Kier molecular flexibility index (Phi) is 13.6. The zero-order valence-electron chi connectivity index (χ0n) is 30.7. The molecule has 0 saturated heterocycles. The number of amides is 1. The first kappa shape index (κ1) is 39.0. The van der Waals surface area contributed by atoms with Gasteiger partial charge < -0.3 is 44.4 Å². The van der Waals surface area contributed by atoms with Crippen molar-refractivity contribution in [2.75, 3.05) is 46.2 Å². The van der Waals surface area contributed by atoms with Gasteiger partial charge in [0, 0.05) is 43.6 Å². The Hall–Kier alpha value is -3.74. The molecule has 53 heavy (non-hydrogen) atoms. The summed E-state index contributed by atoms with van der Waals surface area (Å²) in [6.45, 7) is 5.16. The predicted octanol–water partition coefficient (Wildman–Crippen LogP) is 5.47. The molecule has 2 saturated carbocycles. The zero-order valence-corrected chi connectivity index (χ0v) is 30.7. The summed E-state index contributed by atoms with van der Waals surface area (Å²) in [5.74, 6) is -1.23. The molecule has 6 atom stereocenters. The Morgan fingerprint density at radius 3 is 2.49 bits per heavy atom. The number of allylic oxidation sites excluding steroid dienone is 1. The van der Waals surface area contributed by atoms with Crippen LogP contribution in [0, 0.1) is 23.7 Å². The molecule has 2 aromatic rings. The summed E-state index contributed by atoms with van der Waals surface area (Å²) in [5.41, 5.74) is 3.51. The van der Waals surface area contributed by atoms with Crippen LogP contribution >= 0.6 is 0 Å². The number of nitrogens with zero attached hydrogens (tertiary/aromatic N) is 2. The Bertz CT molecular complexity index is 1580. The van der Waals surface area contributed by atoms with Crippen LogP contribution in [0.2, 0.25) is 0 Å². The van der Waals surface area contributed by atoms with E-state index in [0.717, 1.165) is 60.9 Å². The first-order chi connectivity index (χ1) is 25.9. The van der Waals surface area contributed by atoms with E-state index in [1.54, 1.807) is 24.3 Å². The van der Waals surface area contributed by atoms with Gasteiger partial charge in [-0.05, 0) is 79.7 Å². The molecule has 0 bridgehead atoms. The van der Waals surface area contributed by atoms with Gasteiger partial charge in [0.25, 0.3) is 0 Å². The molecule has 1 aliphatic heterocycles. The molecule has 0 radical (unpaired) electrons. The average Bonchev–Trinajstić information content (AvgIpc) is 4.02. The van der Waals surface area contributed by atoms with E-state index in [-0.39, 0.29) is 88.1 Å². The molecule has 2 aromatic carbocycles. The SMILES string of the molecule is C=CCOC12Oc3ccc(O)cc3C3C(CCCCO)C(CCCCO)C=C(C(=NOCc4ccccc4)CC1N(CCOCCO)C(=O)C1CC1)C32. The van der Waals surface area contributed by atoms with Crippen molar-refractivity contribution in [3.63, 3.8) is 0 Å². The molecule has 3 aliphatic carbocycles. The maximum atomic E-state index is 14.4. The van der Waals surface area contributed by atoms with Crippen LogP contribution in [0.25, 0.3) is 0 Å². The second kappa shape index (κ2) is 18.5. The van der Waals surface area contributed by atoms with E-state index in [4.69, 9.17) is 24.2 Å². The number of unbranched alkanes of at least 4 members (excludes halogenated alkanes) is 2. The summed E-state index contributed by atoms with van der Waals surface area (Å²) in [7, 11) is 0. The third kappa shape index (κ3) is 8.81. The van der Waals surface area contributed by atoms with E-state index in [2.05, 4.69) is 12.7 Å². The number of hydrogen-bond acceptors (Lipinski definition) is 10. The Balaban J connectivity index is 1.54. The number of phenolic OH excluding ortho intramolecular Hbond substituents is 1. The number of carbonyl (C=O) groups excluding carboxylic acids is 1. The number of aromatic hydroxyl groups is 1. The van der Waals surface area contributed by atoms with Gasteiger partial charge in [0.05, 0.1) is 38.1 Å². The van der Waals surface area contributed by atoms with Crippen LogP contribution < -0.4 is 4.74 Å². The van der Waals surface area contributed by atoms with Crippen LogP contribution in [0.1, 0.15) is 74.8 Å². The van der Waals surface area contributed by atoms with E-state index in [9.17, 15) is 25.2 Å². The van der Waals surface area contributed by atoms with E-state index in [0.29, 0.717) is 25.0 Å². The highest BCUT2D eigenvalue weighted by atomic mass is 16.7. The van der Waals surface area contributed by atoms with Gasteiger partial charge in [0.2, 0.25) is 11.7 Å². The van der Waals surface area contributed by atoms with Crippen molar-refractivity contribution in [1.82, 2.24) is 4.90 Å². The molecule has 288 valence electrons. The maximum Gasteiger partial charge on any atom is 0.239 e. The van der Waals surface area contributed by atoms with Gasteiger partial charge in [-0.2, -0.15) is 0 Å². The third-order valence-electron chi connectivity index (χ3n) is 11.2. The summed E-state index contributed by atoms with van der Waals surface area (Å²) in [6.07, 6.45) is 10.5. The Labute approximate surface area is 312 Å². The van der Waals surface area contributed by atoms with Crippen LogP contribution in [0.15, 0.2) is 78.0 Å². The highest BCUT2D eigenvalue weighted by molar-refractivity contribution is 6.03. The quantitative estimate of drug-likeness (QED) is 0.0744. The minimum atomic E-state index is -1.36. The molecule has 0 spiro atoms. The van der Waals surface area contributed by atoms with Gasteiger partial charge in [-0.15, -0.1) is 6.58 Å². The van der Waals surface area contributed by atoms with Gasteiger partial charge in [-0.1, -0.05) is 60.5 Å². The van der Waals surface area contributed by atoms with Gasteiger partial charge in [-0.25, -0.2) is 0 Å². The minimum Gasteiger partial charge on any atom is -0.508 e. The van der Waals surface area contributed by atoms with Gasteiger partial charge in [0.1, 0.15) is 24.1 Å². The summed E-state index contributed by atoms with van der Waals surface area (Å²) in [6, 6.07) is 14.4. The monoisotopic (exact) mass is 732 g/mol. The standard InChI is InChI=1S/C42H56N2O9/c1-2-22-51-42-38(44(18-23-50-24-21-47)41(49)30-14-15-30)27-36(43-52-28-29-10-4-3-5-11-29)34-25-31(12-6-8-19-45)33(13-7-9-20-46)39(40(34)42)35-26-32(48)16-17-37(35)53-42/h2-5,10-11,16-17,25-26,30-31,33,38-40,45-48H,1,6-9,12-15,18-24,27-28H2. The van der Waals surface area contributed by atoms with Crippen molar-refractivity contribution in [2.24, 2.45) is 28.8 Å². The highest BCUT2D eigenvalue weighted by Crippen LogP contribution is 2.62. The van der Waals surface area contributed by atoms with Crippen LogP contribution in [0.3, 0.4) is 0 Å². The normalized spacial score (nSPS) is 26.6. The average molecular weight is 733 g/mol. The molecular weight excluding hydrogens is 676 g/mol. The highest BCUT2D eigenvalue weighted by Gasteiger charge is 2.65. The third-order valence-corrected chi connectivity index (χ3v) is 11.2. The minimum absolute atomic E-state index is 0.00926. The fourth-order valence-corrected chi connectivity index (χ4v) is 8.73. The summed E-state index contributed by atoms with van der Waals surface area (Å²) < 4.78 is 19.9. The van der Waals surface area contributed by atoms with E-state index in [1.165, 1.54) is 0 Å². The number of aliphatic hydroxyl groups excluding tert-OH is 3. The molecule has 2 fully saturated rings. The molecule has 6 rings (SSSR count). The molecule has 11 nitrogen and oxygen atoms in total. The van der Waals surface area contributed by atoms with E-state index >= 15 is 0 Å². The second-order valence-electron chi connectivity index (χ2n) is 14.7. The first-order valence-electron chi connectivity index (χ1n) is 19.4. The number of fused-ring (bicyclic) bond motifs is 2. The number of phenols is 1. The summed E-state index contributed by atoms with van der Waals surface area (Å²) in [5, 5.41) is 44.8. The first-order valence-corrected chi connectivity index (χ1v) is 19.4. The zero-order chi connectivity index (χ0) is 37.2. The van der Waals surface area contributed by atoms with Gasteiger partial charge in [0.15, 0.2) is 0 Å². The molecule has 4 aliphatic rings. The number of rotatable bonds is 21. The lowest BCUT2D eigenvalue weighted by atomic mass is 9.55. The lowest BCUT2D eigenvalue weighted by molar-refractivity contribution is -0.258. The lowest BCUT2D eigenvalue weighted by Crippen LogP contribution is -2.70. The molecular formula is C42H56N2O9. The number of carbonyl (C=O) groups is 1. The lowest BCUT2D eigenvalue weighted by Gasteiger charge is -2.60. The topological polar surface area (TPSA) is 151 Å². The van der Waals surface area contributed by atoms with Crippen LogP contribution in [0.5, 0.6) is 11.5 Å². The van der Waals surface area contributed by atoms with E-state index in [1.807, 2.05) is 35.2 Å². The van der Waals surface area contributed by atoms with Gasteiger partial charge in [-0.3, -0.25) is 4.79 Å². The Morgan fingerprint density at radius 1 is 1.00 bits per heavy atom. The van der Waals surface area contributed by atoms with Crippen molar-refractivity contribution in [1.29, 1.82) is 0 Å². The number of ether oxygens (including phenoxy) is 3. The van der Waals surface area contributed by atoms with Crippen molar-refractivity contribution < 1.29 is 44.3 Å². The number of oxime groups is 1. The van der Waals surface area contributed by atoms with Crippen molar-refractivity contribution in [3.05, 3.63) is 84.0 Å². The molecule has 1 heterocycles. The van der Waals surface area contributed by atoms with E-state index < -0.39 is 17.7 Å². The summed E-state index contributed by atoms with van der Waals surface area (Å²) >= 11 is 0.